The molecule has 0 saturated carbocycles. The lowest BCUT2D eigenvalue weighted by atomic mass is 9.80. The lowest BCUT2D eigenvalue weighted by Gasteiger charge is -2.37. The van der Waals surface area contributed by atoms with E-state index in [1.54, 1.807) is 39.0 Å². The van der Waals surface area contributed by atoms with Crippen LogP contribution in [0.25, 0.3) is 11.2 Å². The van der Waals surface area contributed by atoms with Crippen molar-refractivity contribution in [3.8, 4) is 23.8 Å². The van der Waals surface area contributed by atoms with E-state index in [0.717, 1.165) is 28.2 Å². The number of nitrogens with zero attached hydrogens (tertiary/aromatic N) is 3. The van der Waals surface area contributed by atoms with Crippen molar-refractivity contribution < 1.29 is 28.8 Å². The zero-order valence-corrected chi connectivity index (χ0v) is 28.5. The van der Waals surface area contributed by atoms with Crippen LogP contribution in [0, 0.1) is 18.3 Å². The molecule has 3 aromatic carbocycles. The molecule has 0 bridgehead atoms. The van der Waals surface area contributed by atoms with E-state index >= 15 is 0 Å². The van der Waals surface area contributed by atoms with Crippen molar-refractivity contribution in [1.29, 1.82) is 0 Å². The average molecular weight is 680 g/mol. The first kappa shape index (κ1) is 35.8. The Morgan fingerprint density at radius 3 is 2.14 bits per heavy atom. The van der Waals surface area contributed by atoms with Crippen LogP contribution in [-0.2, 0) is 19.9 Å². The first-order chi connectivity index (χ1) is 24.2. The molecule has 3 N–H and O–H groups in total. The van der Waals surface area contributed by atoms with E-state index in [9.17, 15) is 9.59 Å². The van der Waals surface area contributed by atoms with Gasteiger partial charge in [-0.3, -0.25) is 24.5 Å². The van der Waals surface area contributed by atoms with Crippen molar-refractivity contribution in [3.63, 3.8) is 0 Å². The molecule has 12 heteroatoms. The molecule has 2 atom stereocenters. The van der Waals surface area contributed by atoms with E-state index < -0.39 is 17.4 Å². The summed E-state index contributed by atoms with van der Waals surface area (Å²) in [6.45, 7) is 3.65. The lowest BCUT2D eigenvalue weighted by molar-refractivity contribution is -0.118. The number of aliphatic hydroxyl groups excluding tert-OH is 1. The third-order valence-electron chi connectivity index (χ3n) is 8.34. The van der Waals surface area contributed by atoms with E-state index in [0.29, 0.717) is 18.5 Å². The maximum atomic E-state index is 12.7. The fourth-order valence-electron chi connectivity index (χ4n) is 5.76. The van der Waals surface area contributed by atoms with Crippen LogP contribution in [0.2, 0.25) is 0 Å². The Labute approximate surface area is 290 Å². The van der Waals surface area contributed by atoms with Crippen LogP contribution < -0.4 is 20.3 Å². The molecule has 1 aliphatic heterocycles. The van der Waals surface area contributed by atoms with Crippen LogP contribution in [0.1, 0.15) is 49.6 Å². The van der Waals surface area contributed by atoms with Gasteiger partial charge in [0.2, 0.25) is 11.9 Å². The molecule has 1 amide bonds. The van der Waals surface area contributed by atoms with Gasteiger partial charge in [0, 0.05) is 5.92 Å². The Balaban J connectivity index is 0.00000115. The van der Waals surface area contributed by atoms with Gasteiger partial charge in [-0.25, -0.2) is 4.98 Å². The van der Waals surface area contributed by atoms with Gasteiger partial charge in [0.1, 0.15) is 29.9 Å². The molecule has 1 aliphatic rings. The second kappa shape index (κ2) is 16.3. The number of H-pyrrole nitrogens is 1. The summed E-state index contributed by atoms with van der Waals surface area (Å²) in [5.41, 5.74) is 1.92. The lowest BCUT2D eigenvalue weighted by Crippen LogP contribution is -2.35. The van der Waals surface area contributed by atoms with Gasteiger partial charge in [0.25, 0.3) is 5.56 Å². The van der Waals surface area contributed by atoms with Gasteiger partial charge in [-0.2, -0.15) is 4.98 Å². The quantitative estimate of drug-likeness (QED) is 0.129. The maximum absolute atomic E-state index is 12.7. The minimum Gasteiger partial charge on any atom is -0.497 e. The van der Waals surface area contributed by atoms with E-state index in [4.69, 9.17) is 24.1 Å². The Kier molecular flexibility index (Phi) is 11.7. The summed E-state index contributed by atoms with van der Waals surface area (Å²) in [7, 11) is 3.29. The van der Waals surface area contributed by atoms with Gasteiger partial charge in [-0.15, -0.1) is 6.42 Å². The van der Waals surface area contributed by atoms with Gasteiger partial charge in [-0.1, -0.05) is 74.4 Å². The molecule has 1 fully saturated rings. The Bertz CT molecular complexity index is 1920. The second-order valence-electron chi connectivity index (χ2n) is 11.9. The normalized spacial score (nSPS) is 15.6. The van der Waals surface area contributed by atoms with Crippen LogP contribution in [-0.4, -0.2) is 64.1 Å². The highest BCUT2D eigenvalue weighted by Crippen LogP contribution is 2.42. The van der Waals surface area contributed by atoms with Crippen molar-refractivity contribution in [2.24, 2.45) is 5.92 Å². The van der Waals surface area contributed by atoms with Crippen LogP contribution in [0.5, 0.6) is 11.5 Å². The number of ether oxygens (including phenoxy) is 4. The highest BCUT2D eigenvalue weighted by atomic mass is 16.6. The number of nitrogens with one attached hydrogen (secondary N) is 2. The fraction of sp³-hybridized carbons (Fsp3) is 0.316. The van der Waals surface area contributed by atoms with E-state index in [2.05, 4.69) is 38.8 Å². The van der Waals surface area contributed by atoms with Gasteiger partial charge >= 0.3 is 0 Å². The number of aromatic nitrogens is 4. The molecule has 50 heavy (non-hydrogen) atoms. The Hall–Kier alpha value is -5.48. The van der Waals surface area contributed by atoms with Crippen LogP contribution in [0.15, 0.2) is 90.0 Å². The molecular formula is C38H41N5O7. The topological polar surface area (TPSA) is 150 Å². The number of imidazole rings is 1. The predicted octanol–water partition coefficient (Wildman–Crippen LogP) is 5.03. The molecule has 6 rings (SSSR count). The smallest absolute Gasteiger partial charge is 0.280 e. The standard InChI is InChI=1S/C35H37N5O6.C3H4O/c1-22(2)32(41)38-34-37-31-30(33(42)39-34)36-21-40(31)29-19-18-28(46-29)20-45-35(23-8-6-5-7-9-23,24-10-14-26(43-3)15-11-24)25-12-16-27(44-4)17-13-25;1-2-3-4/h5-17,21-22,28-29H,18-20H2,1-4H3,(H2,37,38,39,41,42);1,4H,3H2/t28-,29+;/m0./s1. The summed E-state index contributed by atoms with van der Waals surface area (Å²) >= 11 is 0. The number of aliphatic hydroxyl groups is 1. The molecule has 3 heterocycles. The predicted molar refractivity (Wildman–Crippen MR) is 189 cm³/mol. The highest BCUT2D eigenvalue weighted by molar-refractivity contribution is 5.91. The molecule has 12 nitrogen and oxygen atoms in total. The summed E-state index contributed by atoms with van der Waals surface area (Å²) in [6, 6.07) is 25.9. The molecule has 0 radical (unpaired) electrons. The van der Waals surface area contributed by atoms with Crippen molar-refractivity contribution in [2.75, 3.05) is 32.8 Å². The van der Waals surface area contributed by atoms with Gasteiger partial charge in [0.15, 0.2) is 11.2 Å². The average Bonchev–Trinajstić information content (AvgIpc) is 3.80. The van der Waals surface area contributed by atoms with Gasteiger partial charge in [0.05, 0.1) is 33.3 Å². The Morgan fingerprint density at radius 2 is 1.60 bits per heavy atom. The number of hydrogen-bond acceptors (Lipinski definition) is 9. The number of aromatic amines is 1. The zero-order chi connectivity index (χ0) is 35.7. The van der Waals surface area contributed by atoms with Gasteiger partial charge < -0.3 is 24.1 Å². The first-order valence-corrected chi connectivity index (χ1v) is 16.2. The summed E-state index contributed by atoms with van der Waals surface area (Å²) in [4.78, 5) is 36.4. The third kappa shape index (κ3) is 7.71. The second-order valence-corrected chi connectivity index (χ2v) is 11.9. The number of amides is 1. The summed E-state index contributed by atoms with van der Waals surface area (Å²) < 4.78 is 26.2. The number of terminal acetylenes is 1. The number of anilines is 1. The van der Waals surface area contributed by atoms with E-state index in [1.807, 2.05) is 72.7 Å². The molecule has 0 aliphatic carbocycles. The minimum absolute atomic E-state index is 0.0717. The number of hydrogen-bond donors (Lipinski definition) is 3. The number of rotatable bonds is 11. The number of methoxy groups -OCH3 is 2. The summed E-state index contributed by atoms with van der Waals surface area (Å²) in [6.07, 6.45) is 6.77. The fourth-order valence-corrected chi connectivity index (χ4v) is 5.76. The number of fused-ring (bicyclic) bond motifs is 1. The molecule has 260 valence electrons. The third-order valence-corrected chi connectivity index (χ3v) is 8.34. The first-order valence-electron chi connectivity index (χ1n) is 16.2. The number of carbonyl (C=O) groups excluding carboxylic acids is 1. The van der Waals surface area contributed by atoms with Crippen LogP contribution in [0.3, 0.4) is 0 Å². The molecule has 5 aromatic rings. The van der Waals surface area contributed by atoms with Gasteiger partial charge in [-0.05, 0) is 53.8 Å². The van der Waals surface area contributed by atoms with Crippen molar-refractivity contribution in [1.82, 2.24) is 19.5 Å². The monoisotopic (exact) mass is 679 g/mol. The van der Waals surface area contributed by atoms with Crippen LogP contribution >= 0.6 is 0 Å². The highest BCUT2D eigenvalue weighted by Gasteiger charge is 2.40. The van der Waals surface area contributed by atoms with Crippen molar-refractivity contribution >= 4 is 23.0 Å². The number of benzene rings is 3. The van der Waals surface area contributed by atoms with Crippen molar-refractivity contribution in [2.45, 2.75) is 44.6 Å². The summed E-state index contributed by atoms with van der Waals surface area (Å²) in [5, 5.41) is 10.3. The zero-order valence-electron chi connectivity index (χ0n) is 28.5. The molecule has 0 spiro atoms. The molecular weight excluding hydrogens is 638 g/mol. The minimum atomic E-state index is -0.971. The SMILES string of the molecule is C#CCO.COc1ccc(C(OC[C@@H]2CC[C@H](n3cnc4c(=O)[nH]c(NC(=O)C(C)C)nc43)O2)(c2ccccc2)c2ccc(OC)cc2)cc1. The largest absolute Gasteiger partial charge is 0.497 e. The van der Waals surface area contributed by atoms with E-state index in [-0.39, 0.29) is 42.6 Å². The number of carbonyl (C=O) groups is 1. The molecule has 2 aromatic heterocycles. The summed E-state index contributed by atoms with van der Waals surface area (Å²) in [5.74, 6) is 3.02. The van der Waals surface area contributed by atoms with Crippen molar-refractivity contribution in [3.05, 3.63) is 112 Å². The Morgan fingerprint density at radius 1 is 1.02 bits per heavy atom. The van der Waals surface area contributed by atoms with E-state index in [1.165, 1.54) is 0 Å². The van der Waals surface area contributed by atoms with Crippen LogP contribution in [0.4, 0.5) is 5.95 Å². The molecule has 0 unspecified atom stereocenters. The maximum Gasteiger partial charge on any atom is 0.280 e. The molecule has 1 saturated heterocycles.